The van der Waals surface area contributed by atoms with Crippen molar-refractivity contribution in [1.29, 1.82) is 5.26 Å². The third kappa shape index (κ3) is 4.79. The number of para-hydroxylation sites is 1. The van der Waals surface area contributed by atoms with Crippen LogP contribution in [-0.4, -0.2) is 21.0 Å². The molecule has 0 saturated heterocycles. The van der Waals surface area contributed by atoms with Gasteiger partial charge in [-0.1, -0.05) is 60.1 Å². The molecule has 0 aliphatic carbocycles. The predicted octanol–water partition coefficient (Wildman–Crippen LogP) is 4.42. The van der Waals surface area contributed by atoms with Gasteiger partial charge in [0.15, 0.2) is 6.61 Å². The fraction of sp³-hybridized carbons (Fsp3) is 0.0909. The van der Waals surface area contributed by atoms with Crippen LogP contribution in [0.2, 0.25) is 5.02 Å². The number of carbonyl (C=O) groups is 1. The van der Waals surface area contributed by atoms with Gasteiger partial charge in [0.1, 0.15) is 11.0 Å². The Morgan fingerprint density at radius 3 is 2.27 bits per heavy atom. The largest absolute Gasteiger partial charge is 0.447 e. The molecule has 0 atom stereocenters. The Balaban J connectivity index is 2.07. The zero-order valence-corrected chi connectivity index (χ0v) is 17.3. The molecule has 0 spiro atoms. The number of nitriles is 1. The van der Waals surface area contributed by atoms with E-state index in [0.29, 0.717) is 5.69 Å². The van der Waals surface area contributed by atoms with E-state index < -0.39 is 22.6 Å². The van der Waals surface area contributed by atoms with Gasteiger partial charge in [-0.05, 0) is 35.9 Å². The number of rotatable bonds is 7. The van der Waals surface area contributed by atoms with E-state index in [4.69, 9.17) is 21.6 Å². The molecule has 8 heteroatoms. The lowest BCUT2D eigenvalue weighted by Crippen LogP contribution is -2.31. The molecule has 3 rings (SSSR count). The van der Waals surface area contributed by atoms with Crippen LogP contribution in [0.15, 0.2) is 83.8 Å². The summed E-state index contributed by atoms with van der Waals surface area (Å²) in [4.78, 5) is 11.9. The van der Waals surface area contributed by atoms with E-state index in [1.54, 1.807) is 36.4 Å². The van der Waals surface area contributed by atoms with E-state index in [0.717, 1.165) is 11.6 Å². The maximum atomic E-state index is 13.6. The molecule has 6 nitrogen and oxygen atoms in total. The fourth-order valence-corrected chi connectivity index (χ4v) is 4.74. The van der Waals surface area contributed by atoms with E-state index in [-0.39, 0.29) is 22.0 Å². The normalized spacial score (nSPS) is 10.8. The highest BCUT2D eigenvalue weighted by Crippen LogP contribution is 2.31. The summed E-state index contributed by atoms with van der Waals surface area (Å²) in [5.41, 5.74) is 1.22. The molecule has 0 N–H and O–H groups in total. The van der Waals surface area contributed by atoms with Crippen LogP contribution >= 0.6 is 11.6 Å². The third-order valence-corrected chi connectivity index (χ3v) is 6.47. The molecule has 0 saturated carbocycles. The predicted molar refractivity (Wildman–Crippen MR) is 114 cm³/mol. The van der Waals surface area contributed by atoms with Crippen LogP contribution in [0.4, 0.5) is 5.69 Å². The number of hydrogen-bond acceptors (Lipinski definition) is 5. The summed E-state index contributed by atoms with van der Waals surface area (Å²) in [5.74, 6) is -0.806. The molecule has 0 unspecified atom stereocenters. The molecule has 0 bridgehead atoms. The molecular formula is C22H17ClN2O4S. The fourth-order valence-electron chi connectivity index (χ4n) is 2.79. The minimum atomic E-state index is -4.13. The molecule has 0 heterocycles. The number of hydrogen-bond donors (Lipinski definition) is 0. The van der Waals surface area contributed by atoms with Crippen LogP contribution in [-0.2, 0) is 21.3 Å². The van der Waals surface area contributed by atoms with E-state index >= 15 is 0 Å². The second-order valence-corrected chi connectivity index (χ2v) is 8.45. The number of sulfonamides is 1. The van der Waals surface area contributed by atoms with Crippen molar-refractivity contribution in [3.8, 4) is 6.07 Å². The molecule has 3 aromatic carbocycles. The molecule has 0 radical (unpaired) electrons. The van der Waals surface area contributed by atoms with Crippen LogP contribution < -0.4 is 4.31 Å². The van der Waals surface area contributed by atoms with Crippen molar-refractivity contribution in [1.82, 2.24) is 0 Å². The average Bonchev–Trinajstić information content (AvgIpc) is 2.77. The topological polar surface area (TPSA) is 87.5 Å². The van der Waals surface area contributed by atoms with Gasteiger partial charge in [0.05, 0.1) is 22.8 Å². The van der Waals surface area contributed by atoms with Crippen LogP contribution in [0.5, 0.6) is 0 Å². The first-order valence-electron chi connectivity index (χ1n) is 8.89. The van der Waals surface area contributed by atoms with Gasteiger partial charge in [0.25, 0.3) is 10.0 Å². The van der Waals surface area contributed by atoms with Gasteiger partial charge in [0, 0.05) is 0 Å². The average molecular weight is 441 g/mol. The SMILES string of the molecule is N#CCOC(=O)c1ccc(Cl)c(S(=O)(=O)N(Cc2ccccc2)c2ccccc2)c1. The number of benzene rings is 3. The van der Waals surface area contributed by atoms with Crippen molar-refractivity contribution in [3.63, 3.8) is 0 Å². The van der Waals surface area contributed by atoms with Crippen molar-refractivity contribution in [2.24, 2.45) is 0 Å². The number of esters is 1. The third-order valence-electron chi connectivity index (χ3n) is 4.22. The zero-order valence-electron chi connectivity index (χ0n) is 15.7. The highest BCUT2D eigenvalue weighted by molar-refractivity contribution is 7.93. The molecule has 152 valence electrons. The van der Waals surface area contributed by atoms with Crippen LogP contribution in [0, 0.1) is 11.3 Å². The zero-order chi connectivity index (χ0) is 21.6. The highest BCUT2D eigenvalue weighted by Gasteiger charge is 2.28. The molecule has 30 heavy (non-hydrogen) atoms. The summed E-state index contributed by atoms with van der Waals surface area (Å²) in [7, 11) is -4.13. The lowest BCUT2D eigenvalue weighted by Gasteiger charge is -2.25. The monoisotopic (exact) mass is 440 g/mol. The van der Waals surface area contributed by atoms with Gasteiger partial charge >= 0.3 is 5.97 Å². The van der Waals surface area contributed by atoms with Crippen molar-refractivity contribution in [2.45, 2.75) is 11.4 Å². The highest BCUT2D eigenvalue weighted by atomic mass is 35.5. The standard InChI is InChI=1S/C22H17ClN2O4S/c23-20-12-11-18(22(26)29-14-13-24)15-21(20)30(27,28)25(19-9-5-2-6-10-19)16-17-7-3-1-4-8-17/h1-12,15H,14,16H2. The Bertz CT molecular complexity index is 1180. The minimum Gasteiger partial charge on any atom is -0.447 e. The number of anilines is 1. The maximum absolute atomic E-state index is 13.6. The van der Waals surface area contributed by atoms with E-state index in [9.17, 15) is 13.2 Å². The first kappa shape index (κ1) is 21.4. The van der Waals surface area contributed by atoms with Gasteiger partial charge in [-0.3, -0.25) is 4.31 Å². The van der Waals surface area contributed by atoms with E-state index in [2.05, 4.69) is 0 Å². The van der Waals surface area contributed by atoms with Crippen molar-refractivity contribution < 1.29 is 17.9 Å². The second kappa shape index (κ2) is 9.44. The van der Waals surface area contributed by atoms with Crippen LogP contribution in [0.1, 0.15) is 15.9 Å². The molecule has 0 aliphatic heterocycles. The number of carbonyl (C=O) groups excluding carboxylic acids is 1. The Kier molecular flexibility index (Phi) is 6.72. The summed E-state index contributed by atoms with van der Waals surface area (Å²) < 4.78 is 33.2. The lowest BCUT2D eigenvalue weighted by molar-refractivity contribution is 0.0554. The summed E-state index contributed by atoms with van der Waals surface area (Å²) in [6, 6.07) is 23.3. The van der Waals surface area contributed by atoms with E-state index in [1.165, 1.54) is 16.4 Å². The first-order valence-corrected chi connectivity index (χ1v) is 10.7. The molecule has 0 aliphatic rings. The van der Waals surface area contributed by atoms with Crippen molar-refractivity contribution in [2.75, 3.05) is 10.9 Å². The second-order valence-electron chi connectivity index (χ2n) is 6.21. The summed E-state index contributed by atoms with van der Waals surface area (Å²) >= 11 is 6.21. The molecular weight excluding hydrogens is 424 g/mol. The van der Waals surface area contributed by atoms with E-state index in [1.807, 2.05) is 30.3 Å². The first-order chi connectivity index (χ1) is 14.4. The van der Waals surface area contributed by atoms with Crippen molar-refractivity contribution >= 4 is 33.3 Å². The van der Waals surface area contributed by atoms with Gasteiger partial charge < -0.3 is 4.74 Å². The van der Waals surface area contributed by atoms with Crippen LogP contribution in [0.3, 0.4) is 0 Å². The molecule has 0 amide bonds. The number of halogens is 1. The lowest BCUT2D eigenvalue weighted by atomic mass is 10.2. The summed E-state index contributed by atoms with van der Waals surface area (Å²) in [6.45, 7) is -0.361. The molecule has 0 aromatic heterocycles. The van der Waals surface area contributed by atoms with Gasteiger partial charge in [-0.2, -0.15) is 5.26 Å². The minimum absolute atomic E-state index is 0.0130. The Morgan fingerprint density at radius 2 is 1.63 bits per heavy atom. The number of ether oxygens (including phenoxy) is 1. The molecule has 3 aromatic rings. The van der Waals surface area contributed by atoms with Crippen molar-refractivity contribution in [3.05, 3.63) is 95.0 Å². The Labute approximate surface area is 179 Å². The van der Waals surface area contributed by atoms with Crippen LogP contribution in [0.25, 0.3) is 0 Å². The van der Waals surface area contributed by atoms with Gasteiger partial charge in [0.2, 0.25) is 0 Å². The Morgan fingerprint density at radius 1 is 1.00 bits per heavy atom. The van der Waals surface area contributed by atoms with Gasteiger partial charge in [-0.15, -0.1) is 0 Å². The Hall–Kier alpha value is -3.34. The quantitative estimate of drug-likeness (QED) is 0.507. The van der Waals surface area contributed by atoms with Gasteiger partial charge in [-0.25, -0.2) is 13.2 Å². The maximum Gasteiger partial charge on any atom is 0.339 e. The smallest absolute Gasteiger partial charge is 0.339 e. The molecule has 0 fully saturated rings. The summed E-state index contributed by atoms with van der Waals surface area (Å²) in [6.07, 6.45) is 0. The summed E-state index contributed by atoms with van der Waals surface area (Å²) in [5, 5.41) is 8.55. The number of nitrogens with zero attached hydrogens (tertiary/aromatic N) is 2.